The molecular formula is C27H29N3O3. The molecule has 3 amide bonds. The summed E-state index contributed by atoms with van der Waals surface area (Å²) in [6.07, 6.45) is 2.16. The van der Waals surface area contributed by atoms with Gasteiger partial charge in [0.25, 0.3) is 0 Å². The van der Waals surface area contributed by atoms with Crippen LogP contribution in [0.5, 0.6) is 0 Å². The summed E-state index contributed by atoms with van der Waals surface area (Å²) in [4.78, 5) is 43.7. The number of amides is 3. The lowest BCUT2D eigenvalue weighted by atomic mass is 9.60. The van der Waals surface area contributed by atoms with E-state index in [-0.39, 0.29) is 17.7 Å². The van der Waals surface area contributed by atoms with E-state index in [0.717, 1.165) is 16.8 Å². The number of carbonyl (C=O) groups excluding carboxylic acids is 3. The van der Waals surface area contributed by atoms with Crippen molar-refractivity contribution in [3.63, 3.8) is 0 Å². The molecule has 3 aliphatic rings. The van der Waals surface area contributed by atoms with E-state index in [1.54, 1.807) is 9.80 Å². The van der Waals surface area contributed by atoms with Gasteiger partial charge in [-0.15, -0.1) is 6.58 Å². The summed E-state index contributed by atoms with van der Waals surface area (Å²) in [7, 11) is 0. The monoisotopic (exact) mass is 443 g/mol. The maximum atomic E-state index is 13.9. The summed E-state index contributed by atoms with van der Waals surface area (Å²) < 4.78 is 0. The summed E-state index contributed by atoms with van der Waals surface area (Å²) >= 11 is 0. The second-order valence-corrected chi connectivity index (χ2v) is 9.89. The van der Waals surface area contributed by atoms with Gasteiger partial charge in [-0.1, -0.05) is 68.5 Å². The van der Waals surface area contributed by atoms with E-state index in [1.807, 2.05) is 60.7 Å². The molecule has 3 aliphatic heterocycles. The normalized spacial score (nSPS) is 28.2. The van der Waals surface area contributed by atoms with Gasteiger partial charge in [0.1, 0.15) is 18.2 Å². The molecule has 6 heteroatoms. The minimum atomic E-state index is -0.670. The number of hydrogen-bond acceptors (Lipinski definition) is 3. The van der Waals surface area contributed by atoms with Crippen molar-refractivity contribution in [1.29, 1.82) is 0 Å². The maximum Gasteiger partial charge on any atom is 0.247 e. The molecule has 0 unspecified atom stereocenters. The molecule has 0 bridgehead atoms. The smallest absolute Gasteiger partial charge is 0.247 e. The van der Waals surface area contributed by atoms with Crippen molar-refractivity contribution in [2.75, 3.05) is 4.90 Å². The topological polar surface area (TPSA) is 69.7 Å². The summed E-state index contributed by atoms with van der Waals surface area (Å²) in [5.74, 6) is -0.451. The van der Waals surface area contributed by atoms with E-state index in [1.165, 1.54) is 6.92 Å². The number of carbonyl (C=O) groups is 3. The second-order valence-electron chi connectivity index (χ2n) is 9.89. The molecule has 4 atom stereocenters. The molecule has 2 saturated heterocycles. The highest BCUT2D eigenvalue weighted by atomic mass is 16.2. The van der Waals surface area contributed by atoms with Crippen molar-refractivity contribution in [1.82, 2.24) is 10.2 Å². The van der Waals surface area contributed by atoms with Crippen LogP contribution in [0.3, 0.4) is 0 Å². The molecule has 0 aliphatic carbocycles. The van der Waals surface area contributed by atoms with Crippen LogP contribution in [0, 0.1) is 5.41 Å². The van der Waals surface area contributed by atoms with Crippen LogP contribution in [0.15, 0.2) is 67.3 Å². The number of rotatable bonds is 4. The fraction of sp³-hybridized carbons (Fsp3) is 0.370. The SMILES string of the molecule is C=CC(C)(C)[C@]12C[C@@H]3C(=O)N[C@H](Cc4ccccc4)C(=O)N3[C@H]1N(C(C)=O)c1ccccc12. The zero-order chi connectivity index (χ0) is 23.5. The average molecular weight is 444 g/mol. The number of para-hydroxylation sites is 1. The minimum Gasteiger partial charge on any atom is -0.342 e. The second kappa shape index (κ2) is 7.30. The minimum absolute atomic E-state index is 0.144. The van der Waals surface area contributed by atoms with Crippen LogP contribution in [0.2, 0.25) is 0 Å². The molecule has 2 aromatic rings. The zero-order valence-corrected chi connectivity index (χ0v) is 19.2. The number of allylic oxidation sites excluding steroid dienone is 1. The highest BCUT2D eigenvalue weighted by molar-refractivity contribution is 6.02. The van der Waals surface area contributed by atoms with Crippen molar-refractivity contribution in [3.8, 4) is 0 Å². The average Bonchev–Trinajstić information content (AvgIpc) is 3.30. The summed E-state index contributed by atoms with van der Waals surface area (Å²) in [5, 5.41) is 2.97. The molecule has 5 rings (SSSR count). The third-order valence-electron chi connectivity index (χ3n) is 7.90. The van der Waals surface area contributed by atoms with Gasteiger partial charge in [0, 0.05) is 24.4 Å². The molecule has 6 nitrogen and oxygen atoms in total. The van der Waals surface area contributed by atoms with Crippen LogP contribution < -0.4 is 10.2 Å². The van der Waals surface area contributed by atoms with Crippen molar-refractivity contribution in [2.45, 2.75) is 57.3 Å². The first-order valence-electron chi connectivity index (χ1n) is 11.4. The molecule has 0 spiro atoms. The van der Waals surface area contributed by atoms with Crippen molar-refractivity contribution >= 4 is 23.4 Å². The van der Waals surface area contributed by atoms with Crippen molar-refractivity contribution < 1.29 is 14.4 Å². The lowest BCUT2D eigenvalue weighted by Gasteiger charge is -2.46. The van der Waals surface area contributed by atoms with Gasteiger partial charge in [-0.05, 0) is 29.0 Å². The standard InChI is InChI=1S/C27H29N3O3/c1-5-26(3,4)27-16-22-23(32)28-20(15-18-11-7-6-8-12-18)24(33)30(22)25(27)29(17(2)31)21-14-10-9-13-19(21)27/h5-14,20,22,25H,1,15-16H2,2-4H3,(H,28,32)/t20-,22-,25-,27+/m1/s1. The Morgan fingerprint density at radius 1 is 1.15 bits per heavy atom. The van der Waals surface area contributed by atoms with E-state index < -0.39 is 29.1 Å². The van der Waals surface area contributed by atoms with E-state index >= 15 is 0 Å². The van der Waals surface area contributed by atoms with Crippen LogP contribution in [0.4, 0.5) is 5.69 Å². The highest BCUT2D eigenvalue weighted by Crippen LogP contribution is 2.62. The number of nitrogens with zero attached hydrogens (tertiary/aromatic N) is 2. The molecule has 3 heterocycles. The number of fused-ring (bicyclic) bond motifs is 5. The highest BCUT2D eigenvalue weighted by Gasteiger charge is 2.69. The van der Waals surface area contributed by atoms with Gasteiger partial charge in [-0.3, -0.25) is 19.3 Å². The molecule has 2 fully saturated rings. The number of nitrogens with one attached hydrogen (secondary N) is 1. The maximum absolute atomic E-state index is 13.9. The van der Waals surface area contributed by atoms with Gasteiger partial charge >= 0.3 is 0 Å². The molecule has 2 aromatic carbocycles. The molecule has 33 heavy (non-hydrogen) atoms. The number of benzene rings is 2. The Hall–Kier alpha value is -3.41. The third-order valence-corrected chi connectivity index (χ3v) is 7.90. The molecular weight excluding hydrogens is 414 g/mol. The Morgan fingerprint density at radius 3 is 2.48 bits per heavy atom. The van der Waals surface area contributed by atoms with Crippen LogP contribution >= 0.6 is 0 Å². The van der Waals surface area contributed by atoms with E-state index in [0.29, 0.717) is 12.8 Å². The zero-order valence-electron chi connectivity index (χ0n) is 19.2. The number of piperazine rings is 1. The quantitative estimate of drug-likeness (QED) is 0.738. The summed E-state index contributed by atoms with van der Waals surface area (Å²) in [5.41, 5.74) is 1.65. The number of anilines is 1. The van der Waals surface area contributed by atoms with Gasteiger partial charge in [-0.25, -0.2) is 0 Å². The largest absolute Gasteiger partial charge is 0.342 e. The predicted molar refractivity (Wildman–Crippen MR) is 126 cm³/mol. The Balaban J connectivity index is 1.66. The van der Waals surface area contributed by atoms with Gasteiger partial charge in [0.2, 0.25) is 17.7 Å². The predicted octanol–water partition coefficient (Wildman–Crippen LogP) is 3.17. The lowest BCUT2D eigenvalue weighted by Crippen LogP contribution is -2.66. The van der Waals surface area contributed by atoms with Crippen LogP contribution in [-0.2, 0) is 26.2 Å². The fourth-order valence-corrected chi connectivity index (χ4v) is 6.16. The third kappa shape index (κ3) is 2.82. The molecule has 170 valence electrons. The Bertz CT molecular complexity index is 1160. The van der Waals surface area contributed by atoms with E-state index in [2.05, 4.69) is 25.7 Å². The van der Waals surface area contributed by atoms with E-state index in [4.69, 9.17) is 0 Å². The number of hydrogen-bond donors (Lipinski definition) is 1. The van der Waals surface area contributed by atoms with Crippen molar-refractivity contribution in [3.05, 3.63) is 78.4 Å². The van der Waals surface area contributed by atoms with Crippen molar-refractivity contribution in [2.24, 2.45) is 5.41 Å². The summed E-state index contributed by atoms with van der Waals surface area (Å²) in [6, 6.07) is 16.2. The first kappa shape index (κ1) is 21.4. The first-order valence-corrected chi connectivity index (χ1v) is 11.4. The van der Waals surface area contributed by atoms with Gasteiger partial charge in [0.15, 0.2) is 0 Å². The van der Waals surface area contributed by atoms with Gasteiger partial charge in [0.05, 0.1) is 0 Å². The molecule has 0 radical (unpaired) electrons. The first-order chi connectivity index (χ1) is 15.7. The molecule has 0 saturated carbocycles. The van der Waals surface area contributed by atoms with Gasteiger partial charge in [-0.2, -0.15) is 0 Å². The van der Waals surface area contributed by atoms with E-state index in [9.17, 15) is 14.4 Å². The Morgan fingerprint density at radius 2 is 1.82 bits per heavy atom. The molecule has 0 aromatic heterocycles. The Kier molecular flexibility index (Phi) is 4.74. The summed E-state index contributed by atoms with van der Waals surface area (Å²) in [6.45, 7) is 9.78. The molecule has 1 N–H and O–H groups in total. The van der Waals surface area contributed by atoms with Crippen LogP contribution in [0.1, 0.15) is 38.3 Å². The van der Waals surface area contributed by atoms with Crippen LogP contribution in [0.25, 0.3) is 0 Å². The van der Waals surface area contributed by atoms with Gasteiger partial charge < -0.3 is 10.2 Å². The Labute approximate surface area is 194 Å². The lowest BCUT2D eigenvalue weighted by molar-refractivity contribution is -0.149. The van der Waals surface area contributed by atoms with Crippen LogP contribution in [-0.4, -0.2) is 40.9 Å². The fourth-order valence-electron chi connectivity index (χ4n) is 6.16.